The lowest BCUT2D eigenvalue weighted by molar-refractivity contribution is -0.135. The first-order valence-corrected chi connectivity index (χ1v) is 7.09. The maximum absolute atomic E-state index is 12.0. The molecule has 0 aliphatic carbocycles. The maximum atomic E-state index is 12.0. The van der Waals surface area contributed by atoms with Gasteiger partial charge in [-0.25, -0.2) is 4.79 Å². The van der Waals surface area contributed by atoms with E-state index in [0.29, 0.717) is 30.8 Å². The monoisotopic (exact) mass is 314 g/mol. The lowest BCUT2D eigenvalue weighted by atomic mass is 10.1. The molecular formula is C16H17F3O3. The van der Waals surface area contributed by atoms with Crippen LogP contribution in [-0.4, -0.2) is 12.8 Å². The van der Waals surface area contributed by atoms with Gasteiger partial charge in [-0.3, -0.25) is 0 Å². The average Bonchev–Trinajstić information content (AvgIpc) is 2.41. The minimum Gasteiger partial charge on any atom is -0.493 e. The van der Waals surface area contributed by atoms with E-state index < -0.39 is 18.2 Å². The number of aryl methyl sites for hydroxylation is 1. The highest BCUT2D eigenvalue weighted by Gasteiger charge is 2.25. The number of hydrogen-bond acceptors (Lipinski definition) is 3. The van der Waals surface area contributed by atoms with Crippen LogP contribution in [0.15, 0.2) is 33.5 Å². The smallest absolute Gasteiger partial charge is 0.389 e. The SMILES string of the molecule is Cc1cc(=O)oc2cc(OCCCCCC(F)(F)F)ccc12. The standard InChI is InChI=1S/C16H17F3O3/c1-11-9-15(20)22-14-10-12(5-6-13(11)14)21-8-4-2-3-7-16(17,18)19/h5-6,9-10H,2-4,7-8H2,1H3. The molecule has 2 aromatic rings. The molecule has 0 atom stereocenters. The van der Waals surface area contributed by atoms with Gasteiger partial charge in [0.05, 0.1) is 6.61 Å². The molecule has 0 aliphatic rings. The van der Waals surface area contributed by atoms with Gasteiger partial charge >= 0.3 is 11.8 Å². The van der Waals surface area contributed by atoms with Crippen molar-refractivity contribution in [3.63, 3.8) is 0 Å². The molecule has 22 heavy (non-hydrogen) atoms. The summed E-state index contributed by atoms with van der Waals surface area (Å²) in [6.07, 6.45) is -3.73. The molecule has 2 rings (SSSR count). The fourth-order valence-electron chi connectivity index (χ4n) is 2.19. The summed E-state index contributed by atoms with van der Waals surface area (Å²) in [7, 11) is 0. The molecule has 3 nitrogen and oxygen atoms in total. The normalized spacial score (nSPS) is 11.8. The van der Waals surface area contributed by atoms with Crippen LogP contribution in [0, 0.1) is 6.92 Å². The predicted molar refractivity (Wildman–Crippen MR) is 77.2 cm³/mol. The molecule has 0 fully saturated rings. The van der Waals surface area contributed by atoms with Crippen molar-refractivity contribution in [2.24, 2.45) is 0 Å². The van der Waals surface area contributed by atoms with Gasteiger partial charge in [-0.05, 0) is 43.9 Å². The molecular weight excluding hydrogens is 297 g/mol. The Morgan fingerprint density at radius 2 is 1.91 bits per heavy atom. The molecule has 0 aliphatic heterocycles. The second-order valence-electron chi connectivity index (χ2n) is 5.18. The Kier molecular flexibility index (Phi) is 5.11. The number of halogens is 3. The van der Waals surface area contributed by atoms with Crippen LogP contribution in [0.25, 0.3) is 11.0 Å². The van der Waals surface area contributed by atoms with Crippen molar-refractivity contribution in [3.05, 3.63) is 40.2 Å². The van der Waals surface area contributed by atoms with Crippen LogP contribution in [0.4, 0.5) is 13.2 Å². The van der Waals surface area contributed by atoms with Gasteiger partial charge in [0.15, 0.2) is 0 Å². The Balaban J connectivity index is 1.86. The first-order valence-electron chi connectivity index (χ1n) is 7.09. The molecule has 120 valence electrons. The maximum Gasteiger partial charge on any atom is 0.389 e. The fraction of sp³-hybridized carbons (Fsp3) is 0.438. The highest BCUT2D eigenvalue weighted by molar-refractivity contribution is 5.81. The van der Waals surface area contributed by atoms with Crippen molar-refractivity contribution in [1.82, 2.24) is 0 Å². The molecule has 0 N–H and O–H groups in total. The van der Waals surface area contributed by atoms with Gasteiger partial charge in [0.1, 0.15) is 11.3 Å². The van der Waals surface area contributed by atoms with Crippen molar-refractivity contribution in [2.45, 2.75) is 38.8 Å². The predicted octanol–water partition coefficient (Wildman–Crippen LogP) is 4.60. The topological polar surface area (TPSA) is 39.4 Å². The molecule has 1 heterocycles. The second kappa shape index (κ2) is 6.85. The summed E-state index contributed by atoms with van der Waals surface area (Å²) in [6.45, 7) is 2.15. The van der Waals surface area contributed by atoms with Crippen molar-refractivity contribution < 1.29 is 22.3 Å². The summed E-state index contributed by atoms with van der Waals surface area (Å²) in [5.74, 6) is 0.539. The van der Waals surface area contributed by atoms with Gasteiger partial charge in [-0.1, -0.05) is 0 Å². The average molecular weight is 314 g/mol. The first kappa shape index (κ1) is 16.4. The zero-order valence-electron chi connectivity index (χ0n) is 12.2. The zero-order chi connectivity index (χ0) is 16.2. The Labute approximate surface area is 125 Å². The Morgan fingerprint density at radius 1 is 1.14 bits per heavy atom. The fourth-order valence-corrected chi connectivity index (χ4v) is 2.19. The number of unbranched alkanes of at least 4 members (excludes halogenated alkanes) is 2. The second-order valence-corrected chi connectivity index (χ2v) is 5.18. The number of benzene rings is 1. The molecule has 0 unspecified atom stereocenters. The van der Waals surface area contributed by atoms with E-state index in [1.165, 1.54) is 6.07 Å². The van der Waals surface area contributed by atoms with E-state index in [4.69, 9.17) is 9.15 Å². The van der Waals surface area contributed by atoms with Crippen LogP contribution < -0.4 is 10.4 Å². The van der Waals surface area contributed by atoms with Crippen molar-refractivity contribution in [3.8, 4) is 5.75 Å². The van der Waals surface area contributed by atoms with Crippen LogP contribution >= 0.6 is 0 Å². The number of rotatable bonds is 6. The van der Waals surface area contributed by atoms with Gasteiger partial charge < -0.3 is 9.15 Å². The lowest BCUT2D eigenvalue weighted by Gasteiger charge is -2.08. The van der Waals surface area contributed by atoms with E-state index in [1.807, 2.05) is 6.92 Å². The van der Waals surface area contributed by atoms with Crippen LogP contribution in [0.5, 0.6) is 5.75 Å². The van der Waals surface area contributed by atoms with Crippen LogP contribution in [0.3, 0.4) is 0 Å². The summed E-state index contributed by atoms with van der Waals surface area (Å²) in [5, 5.41) is 0.831. The number of alkyl halides is 3. The van der Waals surface area contributed by atoms with Gasteiger partial charge in [-0.2, -0.15) is 13.2 Å². The molecule has 0 bridgehead atoms. The van der Waals surface area contributed by atoms with E-state index in [-0.39, 0.29) is 6.42 Å². The van der Waals surface area contributed by atoms with Crippen molar-refractivity contribution in [2.75, 3.05) is 6.61 Å². The van der Waals surface area contributed by atoms with Gasteiger partial charge in [0, 0.05) is 23.9 Å². The third-order valence-electron chi connectivity index (χ3n) is 3.30. The van der Waals surface area contributed by atoms with Gasteiger partial charge in [-0.15, -0.1) is 0 Å². The van der Waals surface area contributed by atoms with Crippen LogP contribution in [0.2, 0.25) is 0 Å². The number of ether oxygens (including phenoxy) is 1. The van der Waals surface area contributed by atoms with E-state index >= 15 is 0 Å². The van der Waals surface area contributed by atoms with E-state index in [9.17, 15) is 18.0 Å². The van der Waals surface area contributed by atoms with Crippen molar-refractivity contribution in [1.29, 1.82) is 0 Å². The zero-order valence-corrected chi connectivity index (χ0v) is 12.2. The van der Waals surface area contributed by atoms with Crippen molar-refractivity contribution >= 4 is 11.0 Å². The van der Waals surface area contributed by atoms with Gasteiger partial charge in [0.25, 0.3) is 0 Å². The first-order chi connectivity index (χ1) is 10.3. The molecule has 1 aromatic heterocycles. The highest BCUT2D eigenvalue weighted by Crippen LogP contribution is 2.24. The molecule has 0 spiro atoms. The van der Waals surface area contributed by atoms with Crippen LogP contribution in [-0.2, 0) is 0 Å². The third-order valence-corrected chi connectivity index (χ3v) is 3.30. The molecule has 0 radical (unpaired) electrons. The quantitative estimate of drug-likeness (QED) is 0.577. The van der Waals surface area contributed by atoms with Crippen LogP contribution in [0.1, 0.15) is 31.2 Å². The molecule has 6 heteroatoms. The van der Waals surface area contributed by atoms with E-state index in [1.54, 1.807) is 18.2 Å². The number of hydrogen-bond donors (Lipinski definition) is 0. The molecule has 1 aromatic carbocycles. The largest absolute Gasteiger partial charge is 0.493 e. The Hall–Kier alpha value is -1.98. The summed E-state index contributed by atoms with van der Waals surface area (Å²) in [6, 6.07) is 6.60. The van der Waals surface area contributed by atoms with E-state index in [2.05, 4.69) is 0 Å². The molecule has 0 amide bonds. The minimum atomic E-state index is -4.09. The number of fused-ring (bicyclic) bond motifs is 1. The summed E-state index contributed by atoms with van der Waals surface area (Å²) < 4.78 is 46.5. The molecule has 0 saturated carbocycles. The minimum absolute atomic E-state index is 0.110. The highest BCUT2D eigenvalue weighted by atomic mass is 19.4. The third kappa shape index (κ3) is 4.79. The Bertz CT molecular complexity index is 689. The lowest BCUT2D eigenvalue weighted by Crippen LogP contribution is -2.07. The summed E-state index contributed by atoms with van der Waals surface area (Å²) in [4.78, 5) is 11.3. The summed E-state index contributed by atoms with van der Waals surface area (Å²) in [5.41, 5.74) is 0.846. The van der Waals surface area contributed by atoms with Gasteiger partial charge in [0.2, 0.25) is 0 Å². The van der Waals surface area contributed by atoms with E-state index in [0.717, 1.165) is 10.9 Å². The Morgan fingerprint density at radius 3 is 2.64 bits per heavy atom. The molecule has 0 saturated heterocycles. The summed E-state index contributed by atoms with van der Waals surface area (Å²) >= 11 is 0.